The SMILES string of the molecule is CC(=O)NC(Cc1ccc(C)cc1)c1ccc(C)cc1. The summed E-state index contributed by atoms with van der Waals surface area (Å²) in [6.45, 7) is 5.71. The molecule has 0 bridgehead atoms. The second kappa shape index (κ2) is 6.38. The van der Waals surface area contributed by atoms with Crippen LogP contribution in [0, 0.1) is 13.8 Å². The number of carbonyl (C=O) groups excluding carboxylic acids is 1. The fourth-order valence-electron chi connectivity index (χ4n) is 2.26. The summed E-state index contributed by atoms with van der Waals surface area (Å²) in [5.74, 6) is 0.00249. The van der Waals surface area contributed by atoms with Crippen molar-refractivity contribution in [2.24, 2.45) is 0 Å². The van der Waals surface area contributed by atoms with E-state index in [-0.39, 0.29) is 11.9 Å². The Balaban J connectivity index is 2.21. The van der Waals surface area contributed by atoms with Gasteiger partial charge >= 0.3 is 0 Å². The van der Waals surface area contributed by atoms with Gasteiger partial charge in [0.15, 0.2) is 0 Å². The summed E-state index contributed by atoms with van der Waals surface area (Å²) in [4.78, 5) is 11.4. The van der Waals surface area contributed by atoms with E-state index < -0.39 is 0 Å². The normalized spacial score (nSPS) is 11.9. The minimum absolute atomic E-state index is 0.00249. The molecule has 2 aromatic carbocycles. The van der Waals surface area contributed by atoms with Crippen molar-refractivity contribution in [2.45, 2.75) is 33.2 Å². The van der Waals surface area contributed by atoms with Crippen molar-refractivity contribution in [1.82, 2.24) is 5.32 Å². The Bertz CT molecular complexity index is 569. The molecule has 2 aromatic rings. The quantitative estimate of drug-likeness (QED) is 0.898. The molecule has 1 atom stereocenters. The van der Waals surface area contributed by atoms with Crippen LogP contribution in [0.5, 0.6) is 0 Å². The van der Waals surface area contributed by atoms with Gasteiger partial charge in [-0.25, -0.2) is 0 Å². The molecule has 2 nitrogen and oxygen atoms in total. The second-order valence-corrected chi connectivity index (χ2v) is 5.35. The highest BCUT2D eigenvalue weighted by Gasteiger charge is 2.13. The molecule has 2 heteroatoms. The van der Waals surface area contributed by atoms with Crippen molar-refractivity contribution in [1.29, 1.82) is 0 Å². The monoisotopic (exact) mass is 267 g/mol. The third-order valence-electron chi connectivity index (χ3n) is 3.42. The zero-order valence-corrected chi connectivity index (χ0v) is 12.3. The molecule has 20 heavy (non-hydrogen) atoms. The standard InChI is InChI=1S/C18H21NO/c1-13-4-8-16(9-5-13)12-18(19-15(3)20)17-10-6-14(2)7-11-17/h4-11,18H,12H2,1-3H3,(H,19,20). The maximum absolute atomic E-state index is 11.4. The molecule has 0 aromatic heterocycles. The van der Waals surface area contributed by atoms with Crippen molar-refractivity contribution in [3.05, 3.63) is 70.8 Å². The highest BCUT2D eigenvalue weighted by Crippen LogP contribution is 2.19. The van der Waals surface area contributed by atoms with Gasteiger partial charge in [-0.05, 0) is 31.4 Å². The summed E-state index contributed by atoms with van der Waals surface area (Å²) in [7, 11) is 0. The van der Waals surface area contributed by atoms with E-state index in [2.05, 4.69) is 67.7 Å². The minimum Gasteiger partial charge on any atom is -0.349 e. The van der Waals surface area contributed by atoms with Gasteiger partial charge in [0.25, 0.3) is 0 Å². The largest absolute Gasteiger partial charge is 0.349 e. The molecule has 1 amide bonds. The molecule has 0 aliphatic rings. The van der Waals surface area contributed by atoms with Gasteiger partial charge in [0, 0.05) is 6.92 Å². The van der Waals surface area contributed by atoms with Gasteiger partial charge in [0.2, 0.25) is 5.91 Å². The molecular weight excluding hydrogens is 246 g/mol. The first-order valence-corrected chi connectivity index (χ1v) is 6.94. The molecule has 0 saturated carbocycles. The Morgan fingerprint density at radius 3 is 1.95 bits per heavy atom. The molecule has 0 spiro atoms. The Morgan fingerprint density at radius 1 is 0.950 bits per heavy atom. The van der Waals surface area contributed by atoms with Crippen molar-refractivity contribution in [3.8, 4) is 0 Å². The van der Waals surface area contributed by atoms with E-state index in [1.54, 1.807) is 6.92 Å². The van der Waals surface area contributed by atoms with Crippen molar-refractivity contribution >= 4 is 5.91 Å². The number of hydrogen-bond donors (Lipinski definition) is 1. The molecule has 1 N–H and O–H groups in total. The van der Waals surface area contributed by atoms with Crippen LogP contribution < -0.4 is 5.32 Å². The van der Waals surface area contributed by atoms with Crippen LogP contribution >= 0.6 is 0 Å². The first kappa shape index (κ1) is 14.3. The number of hydrogen-bond acceptors (Lipinski definition) is 1. The molecule has 0 aliphatic carbocycles. The average Bonchev–Trinajstić information content (AvgIpc) is 2.41. The highest BCUT2D eigenvalue weighted by molar-refractivity contribution is 5.73. The lowest BCUT2D eigenvalue weighted by atomic mass is 9.97. The topological polar surface area (TPSA) is 29.1 Å². The maximum Gasteiger partial charge on any atom is 0.217 e. The lowest BCUT2D eigenvalue weighted by Gasteiger charge is -2.19. The lowest BCUT2D eigenvalue weighted by molar-refractivity contribution is -0.119. The second-order valence-electron chi connectivity index (χ2n) is 5.35. The Kier molecular flexibility index (Phi) is 4.57. The Hall–Kier alpha value is -2.09. The number of aryl methyl sites for hydroxylation is 2. The van der Waals surface area contributed by atoms with Crippen LogP contribution in [0.3, 0.4) is 0 Å². The van der Waals surface area contributed by atoms with Crippen LogP contribution in [0.2, 0.25) is 0 Å². The van der Waals surface area contributed by atoms with E-state index in [1.165, 1.54) is 16.7 Å². The average molecular weight is 267 g/mol. The first-order valence-electron chi connectivity index (χ1n) is 6.94. The minimum atomic E-state index is 0.00249. The van der Waals surface area contributed by atoms with E-state index in [0.717, 1.165) is 12.0 Å². The van der Waals surface area contributed by atoms with Crippen LogP contribution in [0.4, 0.5) is 0 Å². The number of amides is 1. The highest BCUT2D eigenvalue weighted by atomic mass is 16.1. The van der Waals surface area contributed by atoms with Gasteiger partial charge < -0.3 is 5.32 Å². The Labute approximate surface area is 120 Å². The smallest absolute Gasteiger partial charge is 0.217 e. The predicted octanol–water partition coefficient (Wildman–Crippen LogP) is 3.72. The summed E-state index contributed by atoms with van der Waals surface area (Å²) >= 11 is 0. The molecule has 0 heterocycles. The van der Waals surface area contributed by atoms with Crippen molar-refractivity contribution < 1.29 is 4.79 Å². The fraction of sp³-hybridized carbons (Fsp3) is 0.278. The zero-order valence-electron chi connectivity index (χ0n) is 12.3. The molecule has 0 radical (unpaired) electrons. The summed E-state index contributed by atoms with van der Waals surface area (Å²) in [5.41, 5.74) is 4.85. The van der Waals surface area contributed by atoms with Crippen molar-refractivity contribution in [3.63, 3.8) is 0 Å². The maximum atomic E-state index is 11.4. The predicted molar refractivity (Wildman–Crippen MR) is 82.6 cm³/mol. The van der Waals surface area contributed by atoms with Gasteiger partial charge in [0.1, 0.15) is 0 Å². The number of carbonyl (C=O) groups is 1. The molecule has 0 fully saturated rings. The van der Waals surface area contributed by atoms with E-state index in [1.807, 2.05) is 0 Å². The summed E-state index contributed by atoms with van der Waals surface area (Å²) in [6.07, 6.45) is 0.808. The summed E-state index contributed by atoms with van der Waals surface area (Å²) in [6, 6.07) is 16.8. The van der Waals surface area contributed by atoms with Crippen molar-refractivity contribution in [2.75, 3.05) is 0 Å². The summed E-state index contributed by atoms with van der Waals surface area (Å²) < 4.78 is 0. The summed E-state index contributed by atoms with van der Waals surface area (Å²) in [5, 5.41) is 3.04. The van der Waals surface area contributed by atoms with Crippen LogP contribution in [-0.4, -0.2) is 5.91 Å². The van der Waals surface area contributed by atoms with E-state index in [4.69, 9.17) is 0 Å². The van der Waals surface area contributed by atoms with Gasteiger partial charge in [-0.1, -0.05) is 59.7 Å². The number of nitrogens with one attached hydrogen (secondary N) is 1. The molecule has 0 aliphatic heterocycles. The van der Waals surface area contributed by atoms with Gasteiger partial charge in [-0.2, -0.15) is 0 Å². The third kappa shape index (κ3) is 3.95. The molecule has 104 valence electrons. The number of rotatable bonds is 4. The zero-order chi connectivity index (χ0) is 14.5. The lowest BCUT2D eigenvalue weighted by Crippen LogP contribution is -2.27. The number of benzene rings is 2. The molecular formula is C18H21NO. The first-order chi connectivity index (χ1) is 9.54. The molecule has 1 unspecified atom stereocenters. The Morgan fingerprint density at radius 2 is 1.45 bits per heavy atom. The third-order valence-corrected chi connectivity index (χ3v) is 3.42. The van der Waals surface area contributed by atoms with Crippen LogP contribution in [-0.2, 0) is 11.2 Å². The molecule has 2 rings (SSSR count). The van der Waals surface area contributed by atoms with Gasteiger partial charge in [0.05, 0.1) is 6.04 Å². The van der Waals surface area contributed by atoms with Crippen LogP contribution in [0.1, 0.15) is 35.2 Å². The fourth-order valence-corrected chi connectivity index (χ4v) is 2.26. The van der Waals surface area contributed by atoms with Gasteiger partial charge in [-0.3, -0.25) is 4.79 Å². The van der Waals surface area contributed by atoms with Crippen LogP contribution in [0.15, 0.2) is 48.5 Å². The van der Waals surface area contributed by atoms with E-state index in [0.29, 0.717) is 0 Å². The molecule has 0 saturated heterocycles. The van der Waals surface area contributed by atoms with Crippen LogP contribution in [0.25, 0.3) is 0 Å². The van der Waals surface area contributed by atoms with E-state index in [9.17, 15) is 4.79 Å². The van der Waals surface area contributed by atoms with E-state index >= 15 is 0 Å². The van der Waals surface area contributed by atoms with Gasteiger partial charge in [-0.15, -0.1) is 0 Å².